The second kappa shape index (κ2) is 6.37. The summed E-state index contributed by atoms with van der Waals surface area (Å²) < 4.78 is 0. The van der Waals surface area contributed by atoms with E-state index in [0.29, 0.717) is 23.8 Å². The lowest BCUT2D eigenvalue weighted by Gasteiger charge is -2.16. The van der Waals surface area contributed by atoms with Crippen molar-refractivity contribution in [2.24, 2.45) is 0 Å². The summed E-state index contributed by atoms with van der Waals surface area (Å²) in [5.74, 6) is -0.223. The molecule has 1 aliphatic rings. The first-order valence-electron chi connectivity index (χ1n) is 7.37. The molecule has 1 fully saturated rings. The van der Waals surface area contributed by atoms with Crippen molar-refractivity contribution in [3.63, 3.8) is 0 Å². The molecule has 0 spiro atoms. The van der Waals surface area contributed by atoms with Crippen molar-refractivity contribution in [2.75, 3.05) is 12.4 Å². The van der Waals surface area contributed by atoms with Crippen molar-refractivity contribution in [3.8, 4) is 0 Å². The largest absolute Gasteiger partial charge is 0.377 e. The van der Waals surface area contributed by atoms with E-state index in [-0.39, 0.29) is 11.6 Å². The van der Waals surface area contributed by atoms with Crippen LogP contribution >= 0.6 is 11.3 Å². The van der Waals surface area contributed by atoms with Gasteiger partial charge in [-0.25, -0.2) is 0 Å². The number of thiophene rings is 1. The number of carbonyl (C=O) groups is 1. The SMILES string of the molecule is CN(Cc1cccs1)C(=O)c1ccc(NC2CC2)c([N+](=O)[O-])c1. The molecule has 1 aromatic carbocycles. The van der Waals surface area contributed by atoms with Gasteiger partial charge in [0, 0.05) is 29.6 Å². The molecule has 1 N–H and O–H groups in total. The first kappa shape index (κ1) is 15.5. The lowest BCUT2D eigenvalue weighted by Crippen LogP contribution is -2.25. The predicted molar refractivity (Wildman–Crippen MR) is 89.9 cm³/mol. The standard InChI is InChI=1S/C16H17N3O3S/c1-18(10-13-3-2-8-23-13)16(20)11-4-7-14(17-12-5-6-12)15(9-11)19(21)22/h2-4,7-9,12,17H,5-6,10H2,1H3. The molecule has 0 aliphatic heterocycles. The molecule has 3 rings (SSSR count). The number of hydrogen-bond acceptors (Lipinski definition) is 5. The zero-order chi connectivity index (χ0) is 16.4. The highest BCUT2D eigenvalue weighted by Gasteiger charge is 2.26. The minimum atomic E-state index is -0.444. The highest BCUT2D eigenvalue weighted by Crippen LogP contribution is 2.31. The van der Waals surface area contributed by atoms with Crippen molar-refractivity contribution in [1.29, 1.82) is 0 Å². The molecule has 1 amide bonds. The molecule has 0 atom stereocenters. The van der Waals surface area contributed by atoms with Crippen molar-refractivity contribution in [3.05, 3.63) is 56.3 Å². The van der Waals surface area contributed by atoms with Crippen molar-refractivity contribution >= 4 is 28.6 Å². The summed E-state index contributed by atoms with van der Waals surface area (Å²) in [7, 11) is 1.70. The quantitative estimate of drug-likeness (QED) is 0.649. The first-order valence-corrected chi connectivity index (χ1v) is 8.25. The summed E-state index contributed by atoms with van der Waals surface area (Å²) in [6, 6.07) is 8.84. The van der Waals surface area contributed by atoms with Gasteiger partial charge >= 0.3 is 0 Å². The molecule has 1 aliphatic carbocycles. The Balaban J connectivity index is 1.79. The highest BCUT2D eigenvalue weighted by atomic mass is 32.1. The fourth-order valence-corrected chi connectivity index (χ4v) is 3.07. The van der Waals surface area contributed by atoms with E-state index < -0.39 is 4.92 Å². The Morgan fingerprint density at radius 1 is 1.43 bits per heavy atom. The molecule has 0 saturated heterocycles. The van der Waals surface area contributed by atoms with Crippen LogP contribution in [0.5, 0.6) is 0 Å². The van der Waals surface area contributed by atoms with E-state index in [4.69, 9.17) is 0 Å². The van der Waals surface area contributed by atoms with Crippen LogP contribution in [0.25, 0.3) is 0 Å². The van der Waals surface area contributed by atoms with E-state index in [1.165, 1.54) is 6.07 Å². The van der Waals surface area contributed by atoms with Gasteiger partial charge in [0.2, 0.25) is 0 Å². The Bertz CT molecular complexity index is 726. The Kier molecular flexibility index (Phi) is 4.29. The van der Waals surface area contributed by atoms with Gasteiger partial charge in [0.1, 0.15) is 5.69 Å². The van der Waals surface area contributed by atoms with Gasteiger partial charge in [0.05, 0.1) is 11.5 Å². The maximum atomic E-state index is 12.5. The number of nitrogens with zero attached hydrogens (tertiary/aromatic N) is 2. The number of rotatable bonds is 6. The van der Waals surface area contributed by atoms with Crippen LogP contribution in [0.4, 0.5) is 11.4 Å². The highest BCUT2D eigenvalue weighted by molar-refractivity contribution is 7.09. The van der Waals surface area contributed by atoms with Gasteiger partial charge in [-0.2, -0.15) is 0 Å². The van der Waals surface area contributed by atoms with Gasteiger partial charge in [-0.3, -0.25) is 14.9 Å². The topological polar surface area (TPSA) is 75.5 Å². The molecular weight excluding hydrogens is 314 g/mol. The molecule has 1 saturated carbocycles. The van der Waals surface area contributed by atoms with Crippen LogP contribution in [0, 0.1) is 10.1 Å². The van der Waals surface area contributed by atoms with E-state index in [1.807, 2.05) is 17.5 Å². The molecule has 2 aromatic rings. The van der Waals surface area contributed by atoms with Crippen LogP contribution in [0.15, 0.2) is 35.7 Å². The zero-order valence-corrected chi connectivity index (χ0v) is 13.5. The Morgan fingerprint density at radius 2 is 2.22 bits per heavy atom. The van der Waals surface area contributed by atoms with Crippen LogP contribution in [0.2, 0.25) is 0 Å². The number of hydrogen-bond donors (Lipinski definition) is 1. The summed E-state index contributed by atoms with van der Waals surface area (Å²) in [5, 5.41) is 16.4. The lowest BCUT2D eigenvalue weighted by molar-refractivity contribution is -0.384. The zero-order valence-electron chi connectivity index (χ0n) is 12.7. The number of carbonyl (C=O) groups excluding carboxylic acids is 1. The van der Waals surface area contributed by atoms with Crippen LogP contribution < -0.4 is 5.32 Å². The van der Waals surface area contributed by atoms with Crippen molar-refractivity contribution in [1.82, 2.24) is 4.90 Å². The normalized spacial score (nSPS) is 13.6. The monoisotopic (exact) mass is 331 g/mol. The van der Waals surface area contributed by atoms with Gasteiger partial charge in [-0.05, 0) is 36.4 Å². The molecule has 23 heavy (non-hydrogen) atoms. The summed E-state index contributed by atoms with van der Waals surface area (Å²) in [4.78, 5) is 25.9. The van der Waals surface area contributed by atoms with Gasteiger partial charge in [0.25, 0.3) is 11.6 Å². The van der Waals surface area contributed by atoms with E-state index in [2.05, 4.69) is 5.32 Å². The number of nitro groups is 1. The van der Waals surface area contributed by atoms with E-state index in [1.54, 1.807) is 35.4 Å². The number of anilines is 1. The van der Waals surface area contributed by atoms with Crippen LogP contribution in [0.1, 0.15) is 28.1 Å². The summed E-state index contributed by atoms with van der Waals surface area (Å²) in [6.45, 7) is 0.492. The van der Waals surface area contributed by atoms with Crippen LogP contribution in [0.3, 0.4) is 0 Å². The lowest BCUT2D eigenvalue weighted by atomic mass is 10.1. The average molecular weight is 331 g/mol. The fraction of sp³-hybridized carbons (Fsp3) is 0.312. The van der Waals surface area contributed by atoms with Gasteiger partial charge in [-0.15, -0.1) is 11.3 Å². The molecule has 1 aromatic heterocycles. The third kappa shape index (κ3) is 3.68. The van der Waals surface area contributed by atoms with Gasteiger partial charge in [0.15, 0.2) is 0 Å². The minimum absolute atomic E-state index is 0.0488. The molecule has 0 unspecified atom stereocenters. The van der Waals surface area contributed by atoms with Crippen LogP contribution in [-0.2, 0) is 6.54 Å². The Hall–Kier alpha value is -2.41. The predicted octanol–water partition coefficient (Wildman–Crippen LogP) is 3.50. The molecular formula is C16H17N3O3S. The van der Waals surface area contributed by atoms with E-state index in [0.717, 1.165) is 17.7 Å². The number of nitro benzene ring substituents is 1. The summed E-state index contributed by atoms with van der Waals surface area (Å²) in [5.41, 5.74) is 0.763. The van der Waals surface area contributed by atoms with Crippen molar-refractivity contribution < 1.29 is 9.72 Å². The molecule has 1 heterocycles. The Morgan fingerprint density at radius 3 is 2.83 bits per heavy atom. The molecule has 0 bridgehead atoms. The van der Waals surface area contributed by atoms with E-state index >= 15 is 0 Å². The Labute approximate surface area is 137 Å². The summed E-state index contributed by atoms with van der Waals surface area (Å²) in [6.07, 6.45) is 2.06. The van der Waals surface area contributed by atoms with Gasteiger partial charge < -0.3 is 10.2 Å². The minimum Gasteiger partial charge on any atom is -0.377 e. The second-order valence-electron chi connectivity index (χ2n) is 5.65. The average Bonchev–Trinajstić information content (AvgIpc) is 3.20. The number of benzene rings is 1. The number of nitrogens with one attached hydrogen (secondary N) is 1. The molecule has 7 heteroatoms. The first-order chi connectivity index (χ1) is 11.0. The molecule has 0 radical (unpaired) electrons. The maximum Gasteiger partial charge on any atom is 0.293 e. The van der Waals surface area contributed by atoms with Gasteiger partial charge in [-0.1, -0.05) is 6.07 Å². The van der Waals surface area contributed by atoms with Crippen molar-refractivity contribution in [2.45, 2.75) is 25.4 Å². The molecule has 6 nitrogen and oxygen atoms in total. The second-order valence-corrected chi connectivity index (χ2v) is 6.68. The third-order valence-electron chi connectivity index (χ3n) is 3.70. The van der Waals surface area contributed by atoms with E-state index in [9.17, 15) is 14.9 Å². The van der Waals surface area contributed by atoms with Crippen LogP contribution in [-0.4, -0.2) is 28.8 Å². The summed E-state index contributed by atoms with van der Waals surface area (Å²) >= 11 is 1.58. The fourth-order valence-electron chi connectivity index (χ4n) is 2.31. The maximum absolute atomic E-state index is 12.5. The third-order valence-corrected chi connectivity index (χ3v) is 4.56. The number of amides is 1. The molecule has 120 valence electrons. The smallest absolute Gasteiger partial charge is 0.293 e.